The number of anilines is 1. The van der Waals surface area contributed by atoms with Crippen molar-refractivity contribution < 1.29 is 14.3 Å². The van der Waals surface area contributed by atoms with E-state index in [9.17, 15) is 9.59 Å². The third kappa shape index (κ3) is 4.55. The molecule has 1 aromatic rings. The lowest BCUT2D eigenvalue weighted by Gasteiger charge is -2.32. The summed E-state index contributed by atoms with van der Waals surface area (Å²) in [6.07, 6.45) is 3.90. The molecule has 2 aliphatic heterocycles. The molecule has 2 aliphatic rings. The first kappa shape index (κ1) is 18.7. The van der Waals surface area contributed by atoms with Crippen molar-refractivity contribution in [2.24, 2.45) is 5.92 Å². The van der Waals surface area contributed by atoms with E-state index in [0.29, 0.717) is 12.5 Å². The fourth-order valence-electron chi connectivity index (χ4n) is 3.74. The minimum Gasteiger partial charge on any atom is -0.497 e. The van der Waals surface area contributed by atoms with Crippen LogP contribution in [0.15, 0.2) is 24.3 Å². The second kappa shape index (κ2) is 8.54. The van der Waals surface area contributed by atoms with Crippen molar-refractivity contribution in [3.63, 3.8) is 0 Å². The van der Waals surface area contributed by atoms with Crippen LogP contribution in [0.5, 0.6) is 5.75 Å². The number of rotatable bonds is 5. The largest absolute Gasteiger partial charge is 0.497 e. The molecule has 0 saturated carbocycles. The second-order valence-electron chi connectivity index (χ2n) is 7.41. The van der Waals surface area contributed by atoms with Gasteiger partial charge in [-0.05, 0) is 62.4 Å². The monoisotopic (exact) mass is 359 g/mol. The Kier molecular flexibility index (Phi) is 6.14. The molecule has 1 unspecified atom stereocenters. The first-order valence-electron chi connectivity index (χ1n) is 9.53. The predicted molar refractivity (Wildman–Crippen MR) is 101 cm³/mol. The predicted octanol–water partition coefficient (Wildman–Crippen LogP) is 2.36. The van der Waals surface area contributed by atoms with E-state index in [1.54, 1.807) is 7.11 Å². The van der Waals surface area contributed by atoms with Gasteiger partial charge in [-0.25, -0.2) is 0 Å². The zero-order valence-corrected chi connectivity index (χ0v) is 15.7. The number of likely N-dealkylation sites (tertiary alicyclic amines) is 2. The van der Waals surface area contributed by atoms with Crippen LogP contribution in [-0.2, 0) is 9.59 Å². The van der Waals surface area contributed by atoms with Crippen LogP contribution in [0, 0.1) is 5.92 Å². The molecule has 2 fully saturated rings. The molecule has 2 amide bonds. The average Bonchev–Trinajstić information content (AvgIpc) is 3.11. The molecule has 2 heterocycles. The number of benzene rings is 1. The number of piperidine rings is 1. The second-order valence-corrected chi connectivity index (χ2v) is 7.41. The smallest absolute Gasteiger partial charge is 0.241 e. The standard InChI is InChI=1S/C20H29N3O3/c1-15-9-12-22(13-10-15)19(24)14-23-11-3-4-18(23)20(25)21-16-5-7-17(26-2)8-6-16/h5-8,15,18H,3-4,9-14H2,1-2H3,(H,21,25). The molecule has 1 aromatic carbocycles. The molecular weight excluding hydrogens is 330 g/mol. The van der Waals surface area contributed by atoms with E-state index in [-0.39, 0.29) is 17.9 Å². The number of methoxy groups -OCH3 is 1. The number of ether oxygens (including phenoxy) is 1. The highest BCUT2D eigenvalue weighted by Gasteiger charge is 2.33. The van der Waals surface area contributed by atoms with E-state index >= 15 is 0 Å². The van der Waals surface area contributed by atoms with Crippen molar-refractivity contribution >= 4 is 17.5 Å². The lowest BCUT2D eigenvalue weighted by atomic mass is 9.99. The molecule has 142 valence electrons. The van der Waals surface area contributed by atoms with Gasteiger partial charge in [0.05, 0.1) is 19.7 Å². The highest BCUT2D eigenvalue weighted by Crippen LogP contribution is 2.22. The zero-order chi connectivity index (χ0) is 18.5. The first-order valence-corrected chi connectivity index (χ1v) is 9.53. The van der Waals surface area contributed by atoms with Gasteiger partial charge in [-0.2, -0.15) is 0 Å². The molecule has 0 spiro atoms. The highest BCUT2D eigenvalue weighted by molar-refractivity contribution is 5.95. The summed E-state index contributed by atoms with van der Waals surface area (Å²) in [5, 5.41) is 2.96. The Bertz CT molecular complexity index is 624. The van der Waals surface area contributed by atoms with Gasteiger partial charge in [-0.1, -0.05) is 6.92 Å². The van der Waals surface area contributed by atoms with Crippen LogP contribution in [0.2, 0.25) is 0 Å². The number of hydrogen-bond donors (Lipinski definition) is 1. The topological polar surface area (TPSA) is 61.9 Å². The normalized spacial score (nSPS) is 21.6. The molecule has 0 aromatic heterocycles. The zero-order valence-electron chi connectivity index (χ0n) is 15.7. The summed E-state index contributed by atoms with van der Waals surface area (Å²) in [4.78, 5) is 29.2. The number of carbonyl (C=O) groups is 2. The van der Waals surface area contributed by atoms with Crippen molar-refractivity contribution in [2.45, 2.75) is 38.6 Å². The maximum absolute atomic E-state index is 12.7. The Morgan fingerprint density at radius 1 is 1.12 bits per heavy atom. The van der Waals surface area contributed by atoms with Crippen LogP contribution in [0.4, 0.5) is 5.69 Å². The molecule has 0 bridgehead atoms. The number of nitrogens with one attached hydrogen (secondary N) is 1. The van der Waals surface area contributed by atoms with Crippen LogP contribution >= 0.6 is 0 Å². The Balaban J connectivity index is 1.54. The Morgan fingerprint density at radius 2 is 1.81 bits per heavy atom. The van der Waals surface area contributed by atoms with Gasteiger partial charge >= 0.3 is 0 Å². The quantitative estimate of drug-likeness (QED) is 0.877. The summed E-state index contributed by atoms with van der Waals surface area (Å²) in [5.41, 5.74) is 0.749. The summed E-state index contributed by atoms with van der Waals surface area (Å²) in [7, 11) is 1.62. The van der Waals surface area contributed by atoms with Gasteiger partial charge < -0.3 is 15.0 Å². The van der Waals surface area contributed by atoms with Crippen LogP contribution in [0.25, 0.3) is 0 Å². The van der Waals surface area contributed by atoms with Crippen LogP contribution in [0.3, 0.4) is 0 Å². The Hall–Kier alpha value is -2.08. The number of nitrogens with zero attached hydrogens (tertiary/aromatic N) is 2. The molecule has 6 nitrogen and oxygen atoms in total. The summed E-state index contributed by atoms with van der Waals surface area (Å²) in [6, 6.07) is 7.07. The Morgan fingerprint density at radius 3 is 2.46 bits per heavy atom. The van der Waals surface area contributed by atoms with Gasteiger partial charge in [0, 0.05) is 18.8 Å². The van der Waals surface area contributed by atoms with E-state index in [1.165, 1.54) is 0 Å². The Labute approximate surface area is 155 Å². The fraction of sp³-hybridized carbons (Fsp3) is 0.600. The molecule has 2 saturated heterocycles. The molecule has 1 atom stereocenters. The van der Waals surface area contributed by atoms with Gasteiger partial charge in [0.1, 0.15) is 5.75 Å². The molecule has 0 radical (unpaired) electrons. The fourth-order valence-corrected chi connectivity index (χ4v) is 3.74. The van der Waals surface area contributed by atoms with Crippen molar-refractivity contribution in [1.82, 2.24) is 9.80 Å². The molecule has 1 N–H and O–H groups in total. The van der Waals surface area contributed by atoms with Gasteiger partial charge in [-0.15, -0.1) is 0 Å². The number of carbonyl (C=O) groups excluding carboxylic acids is 2. The number of hydrogen-bond acceptors (Lipinski definition) is 4. The summed E-state index contributed by atoms with van der Waals surface area (Å²) in [5.74, 6) is 1.58. The minimum atomic E-state index is -0.232. The number of amides is 2. The van der Waals surface area contributed by atoms with Crippen molar-refractivity contribution in [2.75, 3.05) is 38.6 Å². The van der Waals surface area contributed by atoms with Crippen LogP contribution in [-0.4, -0.2) is 60.9 Å². The van der Waals surface area contributed by atoms with Crippen LogP contribution < -0.4 is 10.1 Å². The van der Waals surface area contributed by atoms with Crippen molar-refractivity contribution in [1.29, 1.82) is 0 Å². The lowest BCUT2D eigenvalue weighted by molar-refractivity contribution is -0.134. The van der Waals surface area contributed by atoms with E-state index in [0.717, 1.165) is 56.8 Å². The SMILES string of the molecule is COc1ccc(NC(=O)C2CCCN2CC(=O)N2CCC(C)CC2)cc1. The third-order valence-corrected chi connectivity index (χ3v) is 5.50. The maximum Gasteiger partial charge on any atom is 0.241 e. The van der Waals surface area contributed by atoms with E-state index < -0.39 is 0 Å². The van der Waals surface area contributed by atoms with Gasteiger partial charge in [0.25, 0.3) is 0 Å². The molecule has 6 heteroatoms. The van der Waals surface area contributed by atoms with Crippen LogP contribution in [0.1, 0.15) is 32.6 Å². The minimum absolute atomic E-state index is 0.0345. The first-order chi connectivity index (χ1) is 12.6. The molecule has 3 rings (SSSR count). The highest BCUT2D eigenvalue weighted by atomic mass is 16.5. The van der Waals surface area contributed by atoms with Crippen molar-refractivity contribution in [3.8, 4) is 5.75 Å². The van der Waals surface area contributed by atoms with Gasteiger partial charge in [-0.3, -0.25) is 14.5 Å². The van der Waals surface area contributed by atoms with E-state index in [2.05, 4.69) is 12.2 Å². The van der Waals surface area contributed by atoms with E-state index in [4.69, 9.17) is 4.74 Å². The summed E-state index contributed by atoms with van der Waals surface area (Å²) < 4.78 is 5.14. The summed E-state index contributed by atoms with van der Waals surface area (Å²) >= 11 is 0. The molecule has 26 heavy (non-hydrogen) atoms. The average molecular weight is 359 g/mol. The summed E-state index contributed by atoms with van der Waals surface area (Å²) in [6.45, 7) is 5.07. The van der Waals surface area contributed by atoms with Crippen molar-refractivity contribution in [3.05, 3.63) is 24.3 Å². The van der Waals surface area contributed by atoms with Gasteiger partial charge in [0.2, 0.25) is 11.8 Å². The molecular formula is C20H29N3O3. The third-order valence-electron chi connectivity index (χ3n) is 5.50. The van der Waals surface area contributed by atoms with Gasteiger partial charge in [0.15, 0.2) is 0 Å². The van der Waals surface area contributed by atoms with E-state index in [1.807, 2.05) is 34.1 Å². The molecule has 0 aliphatic carbocycles. The lowest BCUT2D eigenvalue weighted by Crippen LogP contribution is -2.47. The maximum atomic E-state index is 12.7.